The summed E-state index contributed by atoms with van der Waals surface area (Å²) in [5, 5.41) is 10.6. The molecule has 1 heterocycles. The number of carbonyl (C=O) groups excluding carboxylic acids is 2. The molecule has 0 fully saturated rings. The number of aromatic nitrogens is 1. The van der Waals surface area contributed by atoms with Crippen LogP contribution in [-0.4, -0.2) is 35.1 Å². The molecule has 0 amide bonds. The van der Waals surface area contributed by atoms with Gasteiger partial charge >= 0.3 is 5.97 Å². The monoisotopic (exact) mass is 397 g/mol. The average Bonchev–Trinajstić information content (AvgIpc) is 2.75. The molecule has 1 N–H and O–H groups in total. The Morgan fingerprint density at radius 2 is 2.00 bits per heavy atom. The quantitative estimate of drug-likeness (QED) is 0.457. The molecular weight excluding hydrogens is 374 g/mol. The van der Waals surface area contributed by atoms with Crippen molar-refractivity contribution in [3.63, 3.8) is 0 Å². The van der Waals surface area contributed by atoms with Gasteiger partial charge in [-0.15, -0.1) is 0 Å². The molecule has 1 aromatic heterocycles. The highest BCUT2D eigenvalue weighted by Gasteiger charge is 2.24. The van der Waals surface area contributed by atoms with E-state index in [2.05, 4.69) is 4.74 Å². The number of pyridine rings is 1. The van der Waals surface area contributed by atoms with Crippen LogP contribution in [0, 0.1) is 0 Å². The number of hydrogen-bond donors (Lipinski definition) is 1. The zero-order valence-corrected chi connectivity index (χ0v) is 16.4. The van der Waals surface area contributed by atoms with Gasteiger partial charge < -0.3 is 19.1 Å². The van der Waals surface area contributed by atoms with E-state index >= 15 is 0 Å². The van der Waals surface area contributed by atoms with E-state index in [1.807, 2.05) is 0 Å². The number of esters is 1. The lowest BCUT2D eigenvalue weighted by atomic mass is 9.92. The van der Waals surface area contributed by atoms with Crippen LogP contribution in [0.15, 0.2) is 35.1 Å². The van der Waals surface area contributed by atoms with Gasteiger partial charge in [0.25, 0.3) is 5.56 Å². The van der Waals surface area contributed by atoms with Gasteiger partial charge in [-0.05, 0) is 49.5 Å². The van der Waals surface area contributed by atoms with Gasteiger partial charge in [-0.25, -0.2) is 4.79 Å². The molecule has 0 saturated carbocycles. The zero-order chi connectivity index (χ0) is 21.0. The van der Waals surface area contributed by atoms with Crippen molar-refractivity contribution in [1.82, 2.24) is 4.57 Å². The van der Waals surface area contributed by atoms with Crippen molar-refractivity contribution in [1.29, 1.82) is 0 Å². The standard InChI is InChI=1S/C22H23NO6/c1-23-17-9-4-3-8-16(17)21(26)20(22(23)27)18(24)11-10-14-6-5-7-15(12-14)29-13-19(25)28-2/h5-7,10-12,26H,3-4,8-9,13H2,1-2H3/b11-10+. The maximum Gasteiger partial charge on any atom is 0.343 e. The van der Waals surface area contributed by atoms with Gasteiger partial charge in [0, 0.05) is 18.3 Å². The van der Waals surface area contributed by atoms with E-state index in [0.29, 0.717) is 23.3 Å². The first-order valence-electron chi connectivity index (χ1n) is 9.38. The van der Waals surface area contributed by atoms with E-state index in [1.165, 1.54) is 23.8 Å². The average molecular weight is 397 g/mol. The molecule has 0 atom stereocenters. The van der Waals surface area contributed by atoms with Gasteiger partial charge in [-0.1, -0.05) is 18.2 Å². The molecule has 0 radical (unpaired) electrons. The van der Waals surface area contributed by atoms with Crippen LogP contribution >= 0.6 is 0 Å². The number of methoxy groups -OCH3 is 1. The highest BCUT2D eigenvalue weighted by Crippen LogP contribution is 2.30. The molecule has 2 aromatic rings. The Bertz CT molecular complexity index is 1030. The number of aromatic hydroxyl groups is 1. The molecule has 0 unspecified atom stereocenters. The predicted octanol–water partition coefficient (Wildman–Crippen LogP) is 2.42. The number of fused-ring (bicyclic) bond motifs is 1. The van der Waals surface area contributed by atoms with E-state index in [9.17, 15) is 19.5 Å². The van der Waals surface area contributed by atoms with Crippen molar-refractivity contribution in [2.75, 3.05) is 13.7 Å². The van der Waals surface area contributed by atoms with Crippen LogP contribution in [0.2, 0.25) is 0 Å². The summed E-state index contributed by atoms with van der Waals surface area (Å²) < 4.78 is 11.3. The van der Waals surface area contributed by atoms with Crippen LogP contribution in [0.3, 0.4) is 0 Å². The van der Waals surface area contributed by atoms with E-state index in [0.717, 1.165) is 25.0 Å². The summed E-state index contributed by atoms with van der Waals surface area (Å²) in [7, 11) is 2.91. The summed E-state index contributed by atoms with van der Waals surface area (Å²) >= 11 is 0. The molecule has 3 rings (SSSR count). The number of ether oxygens (including phenoxy) is 2. The molecule has 152 valence electrons. The van der Waals surface area contributed by atoms with E-state index in [4.69, 9.17) is 4.74 Å². The molecule has 0 saturated heterocycles. The fraction of sp³-hybridized carbons (Fsp3) is 0.318. The van der Waals surface area contributed by atoms with Crippen molar-refractivity contribution >= 4 is 17.8 Å². The Morgan fingerprint density at radius 1 is 1.24 bits per heavy atom. The fourth-order valence-corrected chi connectivity index (χ4v) is 3.44. The minimum absolute atomic E-state index is 0.201. The Kier molecular flexibility index (Phi) is 6.16. The van der Waals surface area contributed by atoms with E-state index in [-0.39, 0.29) is 17.9 Å². The third-order valence-corrected chi connectivity index (χ3v) is 5.00. The Hall–Kier alpha value is -3.35. The topological polar surface area (TPSA) is 94.8 Å². The molecule has 7 nitrogen and oxygen atoms in total. The molecule has 29 heavy (non-hydrogen) atoms. The highest BCUT2D eigenvalue weighted by atomic mass is 16.6. The molecular formula is C22H23NO6. The van der Waals surface area contributed by atoms with Crippen molar-refractivity contribution in [2.45, 2.75) is 25.7 Å². The van der Waals surface area contributed by atoms with Crippen LogP contribution in [0.4, 0.5) is 0 Å². The number of ketones is 1. The molecule has 0 spiro atoms. The SMILES string of the molecule is COC(=O)COc1cccc(/C=C/C(=O)c2c(O)c3c(n(C)c2=O)CCCC3)c1. The van der Waals surface area contributed by atoms with Gasteiger partial charge in [0.05, 0.1) is 7.11 Å². The summed E-state index contributed by atoms with van der Waals surface area (Å²) in [5.74, 6) is -0.817. The maximum absolute atomic E-state index is 12.7. The molecule has 0 aliphatic heterocycles. The van der Waals surface area contributed by atoms with Crippen molar-refractivity contribution < 1.29 is 24.2 Å². The van der Waals surface area contributed by atoms with E-state index in [1.54, 1.807) is 31.3 Å². The lowest BCUT2D eigenvalue weighted by molar-refractivity contribution is -0.142. The summed E-state index contributed by atoms with van der Waals surface area (Å²) in [4.78, 5) is 36.5. The Morgan fingerprint density at radius 3 is 2.76 bits per heavy atom. The molecule has 1 aliphatic rings. The Balaban J connectivity index is 1.84. The number of benzene rings is 1. The summed E-state index contributed by atoms with van der Waals surface area (Å²) in [5.41, 5.74) is 1.44. The van der Waals surface area contributed by atoms with Gasteiger partial charge in [0.15, 0.2) is 12.4 Å². The third-order valence-electron chi connectivity index (χ3n) is 5.00. The molecule has 1 aliphatic carbocycles. The van der Waals surface area contributed by atoms with Crippen LogP contribution in [0.25, 0.3) is 6.08 Å². The van der Waals surface area contributed by atoms with Crippen LogP contribution in [0.1, 0.15) is 40.0 Å². The molecule has 0 bridgehead atoms. The second kappa shape index (κ2) is 8.77. The number of nitrogens with zero attached hydrogens (tertiary/aromatic N) is 1. The smallest absolute Gasteiger partial charge is 0.343 e. The number of allylic oxidation sites excluding steroid dienone is 1. The highest BCUT2D eigenvalue weighted by molar-refractivity contribution is 6.08. The first-order chi connectivity index (χ1) is 13.9. The lowest BCUT2D eigenvalue weighted by Gasteiger charge is -2.21. The first-order valence-corrected chi connectivity index (χ1v) is 9.38. The van der Waals surface area contributed by atoms with Crippen LogP contribution in [0.5, 0.6) is 11.5 Å². The minimum Gasteiger partial charge on any atom is -0.507 e. The summed E-state index contributed by atoms with van der Waals surface area (Å²) in [6.45, 7) is -0.221. The van der Waals surface area contributed by atoms with Crippen molar-refractivity contribution in [3.05, 3.63) is 63.1 Å². The zero-order valence-electron chi connectivity index (χ0n) is 16.4. The lowest BCUT2D eigenvalue weighted by Crippen LogP contribution is -2.29. The number of carbonyl (C=O) groups is 2. The van der Waals surface area contributed by atoms with Crippen molar-refractivity contribution in [3.8, 4) is 11.5 Å². The van der Waals surface area contributed by atoms with E-state index < -0.39 is 17.3 Å². The minimum atomic E-state index is -0.558. The second-order valence-electron chi connectivity index (χ2n) is 6.86. The van der Waals surface area contributed by atoms with Crippen LogP contribution in [-0.2, 0) is 29.4 Å². The van der Waals surface area contributed by atoms with Gasteiger partial charge in [0.2, 0.25) is 0 Å². The fourth-order valence-electron chi connectivity index (χ4n) is 3.44. The normalized spacial score (nSPS) is 13.2. The predicted molar refractivity (Wildman–Crippen MR) is 107 cm³/mol. The van der Waals surface area contributed by atoms with Crippen molar-refractivity contribution in [2.24, 2.45) is 7.05 Å². The maximum atomic E-state index is 12.7. The first kappa shape index (κ1) is 20.4. The third kappa shape index (κ3) is 4.39. The molecule has 1 aromatic carbocycles. The second-order valence-corrected chi connectivity index (χ2v) is 6.86. The number of rotatable bonds is 6. The molecule has 7 heteroatoms. The van der Waals surface area contributed by atoms with Gasteiger partial charge in [-0.3, -0.25) is 9.59 Å². The van der Waals surface area contributed by atoms with Gasteiger partial charge in [-0.2, -0.15) is 0 Å². The number of hydrogen-bond acceptors (Lipinski definition) is 6. The summed E-state index contributed by atoms with van der Waals surface area (Å²) in [6.07, 6.45) is 6.04. The largest absolute Gasteiger partial charge is 0.507 e. The Labute approximate surface area is 168 Å². The van der Waals surface area contributed by atoms with Gasteiger partial charge in [0.1, 0.15) is 17.1 Å². The summed E-state index contributed by atoms with van der Waals surface area (Å²) in [6, 6.07) is 6.79. The van der Waals surface area contributed by atoms with Crippen LogP contribution < -0.4 is 10.3 Å².